The van der Waals surface area contributed by atoms with Crippen molar-refractivity contribution in [2.75, 3.05) is 31.6 Å². The van der Waals surface area contributed by atoms with Crippen molar-refractivity contribution in [1.29, 1.82) is 0 Å². The van der Waals surface area contributed by atoms with E-state index in [1.807, 2.05) is 42.5 Å². The molecule has 10 heteroatoms. The van der Waals surface area contributed by atoms with Crippen LogP contribution in [0.2, 0.25) is 0 Å². The van der Waals surface area contributed by atoms with Crippen molar-refractivity contribution in [3.05, 3.63) is 94.3 Å². The average Bonchev–Trinajstić information content (AvgIpc) is 2.84. The number of benzene rings is 2. The number of ether oxygens (including phenoxy) is 1. The van der Waals surface area contributed by atoms with Gasteiger partial charge in [-0.15, -0.1) is 0 Å². The lowest BCUT2D eigenvalue weighted by atomic mass is 10.0. The van der Waals surface area contributed by atoms with Gasteiger partial charge in [0.15, 0.2) is 0 Å². The molecule has 0 aliphatic carbocycles. The summed E-state index contributed by atoms with van der Waals surface area (Å²) in [5.74, 6) is 0. The molecule has 1 aliphatic heterocycles. The zero-order valence-corrected chi connectivity index (χ0v) is 17.9. The Balaban J connectivity index is 1.72. The van der Waals surface area contributed by atoms with Gasteiger partial charge in [-0.2, -0.15) is 4.31 Å². The summed E-state index contributed by atoms with van der Waals surface area (Å²) < 4.78 is 32.4. The number of morpholine rings is 1. The minimum atomic E-state index is -3.86. The van der Waals surface area contributed by atoms with Crippen LogP contribution in [0.5, 0.6) is 0 Å². The molecule has 166 valence electrons. The third-order valence-corrected chi connectivity index (χ3v) is 7.08. The zero-order chi connectivity index (χ0) is 22.6. The standard InChI is InChI=1S/C22H22N4O5S/c27-26(28)21-16-18(32(29,30)25-12-14-31-15-13-25)9-10-19(21)24-22(17-6-2-1-3-7-17)20-8-4-5-11-23-20/h1-11,16,22,24H,12-15H2. The fourth-order valence-electron chi connectivity index (χ4n) is 3.56. The van der Waals surface area contributed by atoms with Crippen molar-refractivity contribution in [1.82, 2.24) is 9.29 Å². The maximum absolute atomic E-state index is 13.0. The number of aromatic nitrogens is 1. The number of nitro benzene ring substituents is 1. The van der Waals surface area contributed by atoms with Crippen molar-refractivity contribution in [3.8, 4) is 0 Å². The third-order valence-electron chi connectivity index (χ3n) is 5.19. The number of hydrogen-bond acceptors (Lipinski definition) is 7. The van der Waals surface area contributed by atoms with Gasteiger partial charge in [0, 0.05) is 25.4 Å². The summed E-state index contributed by atoms with van der Waals surface area (Å²) in [5, 5.41) is 15.0. The van der Waals surface area contributed by atoms with Crippen LogP contribution in [-0.2, 0) is 14.8 Å². The first kappa shape index (κ1) is 21.9. The van der Waals surface area contributed by atoms with Crippen molar-refractivity contribution in [3.63, 3.8) is 0 Å². The van der Waals surface area contributed by atoms with E-state index in [0.29, 0.717) is 18.9 Å². The molecule has 0 spiro atoms. The van der Waals surface area contributed by atoms with E-state index < -0.39 is 21.0 Å². The van der Waals surface area contributed by atoms with Gasteiger partial charge < -0.3 is 10.1 Å². The van der Waals surface area contributed by atoms with Crippen LogP contribution < -0.4 is 5.32 Å². The predicted molar refractivity (Wildman–Crippen MR) is 119 cm³/mol. The maximum Gasteiger partial charge on any atom is 0.293 e. The Morgan fingerprint density at radius 1 is 1.03 bits per heavy atom. The molecule has 0 radical (unpaired) electrons. The molecule has 4 rings (SSSR count). The fraction of sp³-hybridized carbons (Fsp3) is 0.227. The molecule has 1 aliphatic rings. The van der Waals surface area contributed by atoms with Gasteiger partial charge in [-0.1, -0.05) is 36.4 Å². The highest BCUT2D eigenvalue weighted by molar-refractivity contribution is 7.89. The fourth-order valence-corrected chi connectivity index (χ4v) is 4.99. The number of pyridine rings is 1. The molecular weight excluding hydrogens is 432 g/mol. The Hall–Kier alpha value is -3.34. The zero-order valence-electron chi connectivity index (χ0n) is 17.1. The van der Waals surface area contributed by atoms with Gasteiger partial charge in [0.2, 0.25) is 10.0 Å². The molecule has 2 aromatic carbocycles. The molecule has 32 heavy (non-hydrogen) atoms. The molecule has 3 aromatic rings. The Morgan fingerprint density at radius 2 is 1.75 bits per heavy atom. The lowest BCUT2D eigenvalue weighted by molar-refractivity contribution is -0.384. The second-order valence-corrected chi connectivity index (χ2v) is 9.13. The third kappa shape index (κ3) is 4.62. The summed E-state index contributed by atoms with van der Waals surface area (Å²) >= 11 is 0. The van der Waals surface area contributed by atoms with E-state index in [2.05, 4.69) is 10.3 Å². The van der Waals surface area contributed by atoms with Gasteiger partial charge in [0.25, 0.3) is 5.69 Å². The number of anilines is 1. The molecule has 1 aromatic heterocycles. The molecule has 2 heterocycles. The molecular formula is C22H22N4O5S. The minimum absolute atomic E-state index is 0.120. The first-order valence-electron chi connectivity index (χ1n) is 10.1. The lowest BCUT2D eigenvalue weighted by Crippen LogP contribution is -2.40. The molecule has 1 saturated heterocycles. The van der Waals surface area contributed by atoms with Gasteiger partial charge in [0.1, 0.15) is 5.69 Å². The molecule has 1 fully saturated rings. The SMILES string of the molecule is O=[N+]([O-])c1cc(S(=O)(=O)N2CCOCC2)ccc1NC(c1ccccc1)c1ccccn1. The first-order chi connectivity index (χ1) is 15.5. The molecule has 0 saturated carbocycles. The molecule has 0 amide bonds. The highest BCUT2D eigenvalue weighted by Gasteiger charge is 2.29. The number of nitrogens with zero attached hydrogens (tertiary/aromatic N) is 3. The van der Waals surface area contributed by atoms with Crippen molar-refractivity contribution in [2.45, 2.75) is 10.9 Å². The number of nitro groups is 1. The van der Waals surface area contributed by atoms with Crippen molar-refractivity contribution < 1.29 is 18.1 Å². The molecule has 9 nitrogen and oxygen atoms in total. The van der Waals surface area contributed by atoms with E-state index in [9.17, 15) is 18.5 Å². The normalized spacial score (nSPS) is 15.8. The Kier molecular flexibility index (Phi) is 6.45. The highest BCUT2D eigenvalue weighted by Crippen LogP contribution is 2.33. The summed E-state index contributed by atoms with van der Waals surface area (Å²) in [6.45, 7) is 1.02. The maximum atomic E-state index is 13.0. The van der Waals surface area contributed by atoms with Crippen LogP contribution in [0.15, 0.2) is 77.8 Å². The van der Waals surface area contributed by atoms with Gasteiger partial charge >= 0.3 is 0 Å². The summed E-state index contributed by atoms with van der Waals surface area (Å²) in [5.41, 5.74) is 1.43. The summed E-state index contributed by atoms with van der Waals surface area (Å²) in [7, 11) is -3.86. The quantitative estimate of drug-likeness (QED) is 0.431. The summed E-state index contributed by atoms with van der Waals surface area (Å²) in [6, 6.07) is 18.4. The Bertz CT molecular complexity index is 1140. The second kappa shape index (κ2) is 9.43. The van der Waals surface area contributed by atoms with Crippen LogP contribution in [-0.4, -0.2) is 48.9 Å². The number of rotatable bonds is 7. The number of nitrogens with one attached hydrogen (secondary N) is 1. The Morgan fingerprint density at radius 3 is 2.41 bits per heavy atom. The van der Waals surface area contributed by atoms with E-state index >= 15 is 0 Å². The van der Waals surface area contributed by atoms with Gasteiger partial charge in [-0.25, -0.2) is 8.42 Å². The van der Waals surface area contributed by atoms with Crippen LogP contribution >= 0.6 is 0 Å². The van der Waals surface area contributed by atoms with Crippen LogP contribution in [0.25, 0.3) is 0 Å². The van der Waals surface area contributed by atoms with Crippen LogP contribution in [0.3, 0.4) is 0 Å². The smallest absolute Gasteiger partial charge is 0.293 e. The van der Waals surface area contributed by atoms with Crippen LogP contribution in [0.4, 0.5) is 11.4 Å². The molecule has 0 bridgehead atoms. The molecule has 1 N–H and O–H groups in total. The highest BCUT2D eigenvalue weighted by atomic mass is 32.2. The summed E-state index contributed by atoms with van der Waals surface area (Å²) in [4.78, 5) is 15.5. The first-order valence-corrected chi connectivity index (χ1v) is 11.5. The minimum Gasteiger partial charge on any atom is -0.379 e. The molecule has 1 unspecified atom stereocenters. The van der Waals surface area contributed by atoms with Gasteiger partial charge in [0.05, 0.1) is 34.8 Å². The van der Waals surface area contributed by atoms with Crippen molar-refractivity contribution in [2.24, 2.45) is 0 Å². The summed E-state index contributed by atoms with van der Waals surface area (Å²) in [6.07, 6.45) is 1.65. The van der Waals surface area contributed by atoms with Crippen molar-refractivity contribution >= 4 is 21.4 Å². The van der Waals surface area contributed by atoms with E-state index in [1.54, 1.807) is 12.3 Å². The molecule has 1 atom stereocenters. The van der Waals surface area contributed by atoms with Crippen LogP contribution in [0.1, 0.15) is 17.3 Å². The van der Waals surface area contributed by atoms with E-state index in [0.717, 1.165) is 11.6 Å². The topological polar surface area (TPSA) is 115 Å². The van der Waals surface area contributed by atoms with Crippen LogP contribution in [0, 0.1) is 10.1 Å². The second-order valence-electron chi connectivity index (χ2n) is 7.20. The predicted octanol–water partition coefficient (Wildman–Crippen LogP) is 3.21. The van der Waals surface area contributed by atoms with Gasteiger partial charge in [-0.3, -0.25) is 15.1 Å². The van der Waals surface area contributed by atoms with E-state index in [4.69, 9.17) is 4.74 Å². The van der Waals surface area contributed by atoms with E-state index in [1.165, 1.54) is 16.4 Å². The van der Waals surface area contributed by atoms with Gasteiger partial charge in [-0.05, 0) is 29.8 Å². The average molecular weight is 455 g/mol. The number of hydrogen-bond donors (Lipinski definition) is 1. The largest absolute Gasteiger partial charge is 0.379 e. The lowest BCUT2D eigenvalue weighted by Gasteiger charge is -2.26. The Labute approximate surface area is 185 Å². The monoisotopic (exact) mass is 454 g/mol. The number of sulfonamides is 1. The van der Waals surface area contributed by atoms with E-state index in [-0.39, 0.29) is 29.4 Å².